The van der Waals surface area contributed by atoms with Crippen LogP contribution in [-0.2, 0) is 16.0 Å². The molecule has 2 atom stereocenters. The summed E-state index contributed by atoms with van der Waals surface area (Å²) in [6.07, 6.45) is -0.176. The molecular formula is C20H21N5O3. The number of aromatic nitrogens is 4. The molecule has 3 aromatic rings. The van der Waals surface area contributed by atoms with Crippen molar-refractivity contribution in [1.82, 2.24) is 19.6 Å². The number of carbonyl (C=O) groups excluding carboxylic acids is 2. The second-order valence-electron chi connectivity index (χ2n) is 7.12. The number of rotatable bonds is 3. The largest absolute Gasteiger partial charge is 0.447 e. The third-order valence-electron chi connectivity index (χ3n) is 4.88. The van der Waals surface area contributed by atoms with Crippen LogP contribution < -0.4 is 4.90 Å². The molecule has 1 aromatic carbocycles. The van der Waals surface area contributed by atoms with Crippen molar-refractivity contribution in [3.05, 3.63) is 53.1 Å². The van der Waals surface area contributed by atoms with Crippen molar-refractivity contribution in [3.8, 4) is 0 Å². The van der Waals surface area contributed by atoms with E-state index in [0.717, 1.165) is 29.1 Å². The van der Waals surface area contributed by atoms with Crippen molar-refractivity contribution in [2.45, 2.75) is 46.3 Å². The first-order chi connectivity index (χ1) is 13.3. The number of aryl methyl sites for hydroxylation is 2. The fourth-order valence-corrected chi connectivity index (χ4v) is 3.61. The topological polar surface area (TPSA) is 89.7 Å². The average Bonchev–Trinajstić information content (AvgIpc) is 3.21. The maximum absolute atomic E-state index is 12.9. The molecule has 0 saturated carbocycles. The van der Waals surface area contributed by atoms with Crippen molar-refractivity contribution in [3.63, 3.8) is 0 Å². The molecule has 1 amide bonds. The fraction of sp³-hybridized carbons (Fsp3) is 0.350. The van der Waals surface area contributed by atoms with Gasteiger partial charge in [-0.05, 0) is 51.8 Å². The molecule has 0 N–H and O–H groups in total. The number of fused-ring (bicyclic) bond motifs is 2. The van der Waals surface area contributed by atoms with Gasteiger partial charge in [0, 0.05) is 23.1 Å². The summed E-state index contributed by atoms with van der Waals surface area (Å²) in [4.78, 5) is 35.5. The number of hydrogen-bond acceptors (Lipinski definition) is 6. The number of carbonyl (C=O) groups is 2. The zero-order valence-corrected chi connectivity index (χ0v) is 16.2. The smallest absolute Gasteiger partial charge is 0.379 e. The number of hydrogen-bond donors (Lipinski definition) is 0. The predicted octanol–water partition coefficient (Wildman–Crippen LogP) is 2.26. The van der Waals surface area contributed by atoms with Gasteiger partial charge in [-0.3, -0.25) is 4.79 Å². The Bertz CT molecular complexity index is 1090. The van der Waals surface area contributed by atoms with E-state index < -0.39 is 12.1 Å². The first-order valence-electron chi connectivity index (χ1n) is 9.18. The van der Waals surface area contributed by atoms with E-state index in [1.165, 1.54) is 4.52 Å². The van der Waals surface area contributed by atoms with Gasteiger partial charge in [0.25, 0.3) is 17.5 Å². The monoisotopic (exact) mass is 379 g/mol. The van der Waals surface area contributed by atoms with E-state index in [4.69, 9.17) is 4.74 Å². The molecule has 8 nitrogen and oxygen atoms in total. The second-order valence-corrected chi connectivity index (χ2v) is 7.12. The summed E-state index contributed by atoms with van der Waals surface area (Å²) in [6, 6.07) is 9.62. The Balaban J connectivity index is 1.53. The molecule has 8 heteroatoms. The molecule has 0 radical (unpaired) electrons. The summed E-state index contributed by atoms with van der Waals surface area (Å²) in [5.74, 6) is -0.801. The van der Waals surface area contributed by atoms with Crippen LogP contribution in [0.2, 0.25) is 0 Å². The zero-order chi connectivity index (χ0) is 20.0. The van der Waals surface area contributed by atoms with Gasteiger partial charge in [-0.15, -0.1) is 5.10 Å². The van der Waals surface area contributed by atoms with Gasteiger partial charge in [0.05, 0.1) is 0 Å². The fourth-order valence-electron chi connectivity index (χ4n) is 3.61. The molecule has 4 rings (SSSR count). The van der Waals surface area contributed by atoms with Crippen LogP contribution in [0.5, 0.6) is 0 Å². The Hall–Kier alpha value is -3.29. The van der Waals surface area contributed by atoms with E-state index in [9.17, 15) is 9.59 Å². The van der Waals surface area contributed by atoms with E-state index in [0.29, 0.717) is 5.78 Å². The van der Waals surface area contributed by atoms with Gasteiger partial charge in [0.1, 0.15) is 0 Å². The lowest BCUT2D eigenvalue weighted by Gasteiger charge is -2.25. The van der Waals surface area contributed by atoms with Crippen LogP contribution in [0.3, 0.4) is 0 Å². The van der Waals surface area contributed by atoms with Crippen molar-refractivity contribution in [2.75, 3.05) is 4.90 Å². The Labute approximate surface area is 162 Å². The Kier molecular flexibility index (Phi) is 4.33. The van der Waals surface area contributed by atoms with Gasteiger partial charge >= 0.3 is 5.97 Å². The summed E-state index contributed by atoms with van der Waals surface area (Å²) in [5.41, 5.74) is 3.56. The second kappa shape index (κ2) is 6.70. The Morgan fingerprint density at radius 2 is 1.96 bits per heavy atom. The molecular weight excluding hydrogens is 358 g/mol. The minimum Gasteiger partial charge on any atom is -0.447 e. The van der Waals surface area contributed by atoms with E-state index in [-0.39, 0.29) is 17.8 Å². The maximum atomic E-state index is 12.9. The highest BCUT2D eigenvalue weighted by Crippen LogP contribution is 2.32. The Morgan fingerprint density at radius 3 is 2.75 bits per heavy atom. The minimum absolute atomic E-state index is 0.00851. The van der Waals surface area contributed by atoms with E-state index in [1.54, 1.807) is 11.8 Å². The summed E-state index contributed by atoms with van der Waals surface area (Å²) < 4.78 is 6.86. The van der Waals surface area contributed by atoms with Crippen molar-refractivity contribution in [2.24, 2.45) is 0 Å². The third-order valence-corrected chi connectivity index (χ3v) is 4.88. The highest BCUT2D eigenvalue weighted by atomic mass is 16.5. The first-order valence-corrected chi connectivity index (χ1v) is 9.18. The molecule has 0 unspecified atom stereocenters. The Morgan fingerprint density at radius 1 is 1.21 bits per heavy atom. The van der Waals surface area contributed by atoms with Crippen LogP contribution in [0, 0.1) is 13.8 Å². The van der Waals surface area contributed by atoms with Crippen LogP contribution in [-0.4, -0.2) is 43.6 Å². The van der Waals surface area contributed by atoms with Crippen LogP contribution >= 0.6 is 0 Å². The molecule has 1 aliphatic heterocycles. The van der Waals surface area contributed by atoms with Crippen LogP contribution in [0.1, 0.15) is 41.4 Å². The standard InChI is InChI=1S/C20H21N5O3/c1-11-9-13(3)25-20(21-11)22-17(23-25)19(27)28-14(4)18(26)24-12(2)10-15-7-5-6-8-16(15)24/h5-9,12,14H,10H2,1-4H3/t12-,14-/m0/s1. The van der Waals surface area contributed by atoms with Gasteiger partial charge in [-0.2, -0.15) is 4.98 Å². The number of para-hydroxylation sites is 1. The van der Waals surface area contributed by atoms with E-state index in [2.05, 4.69) is 15.1 Å². The lowest BCUT2D eigenvalue weighted by Crippen LogP contribution is -2.43. The molecule has 0 spiro atoms. The van der Waals surface area contributed by atoms with Crippen molar-refractivity contribution < 1.29 is 14.3 Å². The van der Waals surface area contributed by atoms with Gasteiger partial charge < -0.3 is 9.64 Å². The number of anilines is 1. The molecule has 1 aliphatic rings. The molecule has 2 aromatic heterocycles. The lowest BCUT2D eigenvalue weighted by molar-refractivity contribution is -0.126. The number of esters is 1. The molecule has 28 heavy (non-hydrogen) atoms. The molecule has 0 bridgehead atoms. The maximum Gasteiger partial charge on any atom is 0.379 e. The van der Waals surface area contributed by atoms with Gasteiger partial charge in [0.2, 0.25) is 0 Å². The number of nitrogens with zero attached hydrogens (tertiary/aromatic N) is 5. The molecule has 3 heterocycles. The third kappa shape index (κ3) is 3.00. The first kappa shape index (κ1) is 18.1. The highest BCUT2D eigenvalue weighted by Gasteiger charge is 2.35. The van der Waals surface area contributed by atoms with Crippen LogP contribution in [0.15, 0.2) is 30.3 Å². The molecule has 0 aliphatic carbocycles. The molecule has 0 fully saturated rings. The SMILES string of the molecule is Cc1cc(C)n2nc(C(=O)O[C@@H](C)C(=O)N3c4ccccc4C[C@@H]3C)nc2n1. The summed E-state index contributed by atoms with van der Waals surface area (Å²) in [6.45, 7) is 7.24. The van der Waals surface area contributed by atoms with Gasteiger partial charge in [-0.1, -0.05) is 18.2 Å². The minimum atomic E-state index is -0.955. The number of amides is 1. The number of benzene rings is 1. The highest BCUT2D eigenvalue weighted by molar-refractivity contribution is 6.00. The van der Waals surface area contributed by atoms with Crippen LogP contribution in [0.25, 0.3) is 5.78 Å². The normalized spacial score (nSPS) is 16.9. The summed E-state index contributed by atoms with van der Waals surface area (Å²) in [5, 5.41) is 4.16. The zero-order valence-electron chi connectivity index (χ0n) is 16.2. The van der Waals surface area contributed by atoms with Crippen molar-refractivity contribution >= 4 is 23.3 Å². The molecule has 144 valence electrons. The van der Waals surface area contributed by atoms with E-state index >= 15 is 0 Å². The summed E-state index contributed by atoms with van der Waals surface area (Å²) >= 11 is 0. The quantitative estimate of drug-likeness (QED) is 0.649. The van der Waals surface area contributed by atoms with Crippen molar-refractivity contribution in [1.29, 1.82) is 0 Å². The van der Waals surface area contributed by atoms with Gasteiger partial charge in [-0.25, -0.2) is 14.3 Å². The predicted molar refractivity (Wildman–Crippen MR) is 102 cm³/mol. The van der Waals surface area contributed by atoms with E-state index in [1.807, 2.05) is 51.1 Å². The van der Waals surface area contributed by atoms with Gasteiger partial charge in [0.15, 0.2) is 6.10 Å². The average molecular weight is 379 g/mol. The molecule has 0 saturated heterocycles. The number of ether oxygens (including phenoxy) is 1. The van der Waals surface area contributed by atoms with Crippen LogP contribution in [0.4, 0.5) is 5.69 Å². The summed E-state index contributed by atoms with van der Waals surface area (Å²) in [7, 11) is 0. The lowest BCUT2D eigenvalue weighted by atomic mass is 10.1.